The summed E-state index contributed by atoms with van der Waals surface area (Å²) in [7, 11) is -3.73. The molecule has 6 nitrogen and oxygen atoms in total. The Morgan fingerprint density at radius 2 is 1.78 bits per heavy atom. The standard InChI is InChI=1S/C19H20FNO5S/c1-3-11-21-27(24,25)17-6-4-5-15(12-17)19(23)26-13(2)18(22)14-7-9-16(20)10-8-14/h4-10,12-13,21H,3,11H2,1-2H3/t13-/m0/s1. The molecule has 2 aromatic carbocycles. The average molecular weight is 393 g/mol. The zero-order valence-corrected chi connectivity index (χ0v) is 15.8. The van der Waals surface area contributed by atoms with Crippen molar-refractivity contribution in [3.05, 3.63) is 65.5 Å². The lowest BCUT2D eigenvalue weighted by Gasteiger charge is -2.13. The molecular weight excluding hydrogens is 373 g/mol. The molecule has 0 spiro atoms. The van der Waals surface area contributed by atoms with Crippen LogP contribution < -0.4 is 4.72 Å². The quantitative estimate of drug-likeness (QED) is 0.550. The number of carbonyl (C=O) groups is 2. The van der Waals surface area contributed by atoms with Gasteiger partial charge in [0, 0.05) is 12.1 Å². The maximum Gasteiger partial charge on any atom is 0.338 e. The van der Waals surface area contributed by atoms with Crippen LogP contribution in [-0.4, -0.2) is 32.8 Å². The normalized spacial score (nSPS) is 12.4. The molecule has 0 aliphatic carbocycles. The lowest BCUT2D eigenvalue weighted by atomic mass is 10.1. The fraction of sp³-hybridized carbons (Fsp3) is 0.263. The molecule has 0 aliphatic rings. The van der Waals surface area contributed by atoms with Gasteiger partial charge in [0.05, 0.1) is 10.5 Å². The van der Waals surface area contributed by atoms with E-state index >= 15 is 0 Å². The maximum atomic E-state index is 12.9. The Morgan fingerprint density at radius 1 is 1.11 bits per heavy atom. The van der Waals surface area contributed by atoms with Crippen molar-refractivity contribution >= 4 is 21.8 Å². The Balaban J connectivity index is 2.12. The molecule has 1 atom stereocenters. The summed E-state index contributed by atoms with van der Waals surface area (Å²) < 4.78 is 44.8. The molecule has 0 radical (unpaired) electrons. The van der Waals surface area contributed by atoms with E-state index < -0.39 is 33.7 Å². The van der Waals surface area contributed by atoms with E-state index in [1.165, 1.54) is 43.3 Å². The number of benzene rings is 2. The predicted octanol–water partition coefficient (Wildman–Crippen LogP) is 2.94. The predicted molar refractivity (Wildman–Crippen MR) is 97.5 cm³/mol. The zero-order valence-electron chi connectivity index (χ0n) is 14.9. The van der Waals surface area contributed by atoms with Gasteiger partial charge in [-0.1, -0.05) is 13.0 Å². The minimum absolute atomic E-state index is 0.00753. The van der Waals surface area contributed by atoms with Gasteiger partial charge in [-0.05, 0) is 55.8 Å². The summed E-state index contributed by atoms with van der Waals surface area (Å²) in [5.74, 6) is -1.80. The summed E-state index contributed by atoms with van der Waals surface area (Å²) in [5.41, 5.74) is 0.213. The average Bonchev–Trinajstić information content (AvgIpc) is 2.66. The van der Waals surface area contributed by atoms with Gasteiger partial charge in [0.2, 0.25) is 15.8 Å². The molecule has 0 heterocycles. The molecule has 1 N–H and O–H groups in total. The monoisotopic (exact) mass is 393 g/mol. The van der Waals surface area contributed by atoms with Crippen molar-refractivity contribution in [3.8, 4) is 0 Å². The Labute approximate surface area is 157 Å². The van der Waals surface area contributed by atoms with Gasteiger partial charge in [0.1, 0.15) is 5.82 Å². The third kappa shape index (κ3) is 5.45. The molecule has 2 rings (SSSR count). The highest BCUT2D eigenvalue weighted by Gasteiger charge is 2.22. The van der Waals surface area contributed by atoms with Crippen molar-refractivity contribution in [1.29, 1.82) is 0 Å². The number of rotatable bonds is 8. The van der Waals surface area contributed by atoms with Gasteiger partial charge in [0.15, 0.2) is 6.10 Å². The number of Topliss-reactive ketones (excluding diaryl/α,β-unsaturated/α-hetero) is 1. The number of sulfonamides is 1. The summed E-state index contributed by atoms with van der Waals surface area (Å²) in [6, 6.07) is 10.2. The number of nitrogens with one attached hydrogen (secondary N) is 1. The highest BCUT2D eigenvalue weighted by atomic mass is 32.2. The van der Waals surface area contributed by atoms with Crippen LogP contribution in [0.15, 0.2) is 53.4 Å². The lowest BCUT2D eigenvalue weighted by Crippen LogP contribution is -2.26. The van der Waals surface area contributed by atoms with Crippen LogP contribution in [-0.2, 0) is 14.8 Å². The molecular formula is C19H20FNO5S. The van der Waals surface area contributed by atoms with Crippen LogP contribution in [0.25, 0.3) is 0 Å². The third-order valence-corrected chi connectivity index (χ3v) is 5.16. The van der Waals surface area contributed by atoms with E-state index in [1.54, 1.807) is 0 Å². The van der Waals surface area contributed by atoms with Crippen molar-refractivity contribution in [2.75, 3.05) is 6.54 Å². The highest BCUT2D eigenvalue weighted by molar-refractivity contribution is 7.89. The van der Waals surface area contributed by atoms with E-state index in [0.717, 1.165) is 12.1 Å². The van der Waals surface area contributed by atoms with Crippen molar-refractivity contribution in [3.63, 3.8) is 0 Å². The highest BCUT2D eigenvalue weighted by Crippen LogP contribution is 2.15. The van der Waals surface area contributed by atoms with Gasteiger partial charge in [-0.25, -0.2) is 22.3 Å². The lowest BCUT2D eigenvalue weighted by molar-refractivity contribution is 0.0318. The molecule has 0 fully saturated rings. The van der Waals surface area contributed by atoms with Crippen molar-refractivity contribution < 1.29 is 27.1 Å². The molecule has 0 aliphatic heterocycles. The molecule has 0 saturated carbocycles. The molecule has 2 aromatic rings. The SMILES string of the molecule is CCCNS(=O)(=O)c1cccc(C(=O)O[C@@H](C)C(=O)c2ccc(F)cc2)c1. The van der Waals surface area contributed by atoms with Crippen LogP contribution in [0, 0.1) is 5.82 Å². The largest absolute Gasteiger partial charge is 0.451 e. The second-order valence-electron chi connectivity index (χ2n) is 5.84. The van der Waals surface area contributed by atoms with Gasteiger partial charge in [0.25, 0.3) is 0 Å². The van der Waals surface area contributed by atoms with Crippen molar-refractivity contribution in [2.45, 2.75) is 31.3 Å². The van der Waals surface area contributed by atoms with E-state index in [9.17, 15) is 22.4 Å². The van der Waals surface area contributed by atoms with Crippen LogP contribution in [0.2, 0.25) is 0 Å². The van der Waals surface area contributed by atoms with E-state index in [0.29, 0.717) is 6.42 Å². The summed E-state index contributed by atoms with van der Waals surface area (Å²) in [6.07, 6.45) is -0.481. The Bertz CT molecular complexity index is 925. The number of halogens is 1. The van der Waals surface area contributed by atoms with Crippen molar-refractivity contribution in [1.82, 2.24) is 4.72 Å². The summed E-state index contributed by atoms with van der Waals surface area (Å²) in [6.45, 7) is 3.50. The first-order valence-corrected chi connectivity index (χ1v) is 9.83. The Kier molecular flexibility index (Phi) is 6.81. The van der Waals surface area contributed by atoms with E-state index in [1.807, 2.05) is 6.92 Å². The first kappa shape index (κ1) is 20.7. The van der Waals surface area contributed by atoms with Gasteiger partial charge in [-0.15, -0.1) is 0 Å². The van der Waals surface area contributed by atoms with E-state index in [4.69, 9.17) is 4.74 Å². The number of ketones is 1. The number of ether oxygens (including phenoxy) is 1. The number of hydrogen-bond donors (Lipinski definition) is 1. The molecule has 0 unspecified atom stereocenters. The van der Waals surface area contributed by atoms with Gasteiger partial charge in [-0.3, -0.25) is 4.79 Å². The first-order valence-electron chi connectivity index (χ1n) is 8.35. The summed E-state index contributed by atoms with van der Waals surface area (Å²) in [5, 5.41) is 0. The Morgan fingerprint density at radius 3 is 2.41 bits per heavy atom. The fourth-order valence-electron chi connectivity index (χ4n) is 2.24. The molecule has 144 valence electrons. The van der Waals surface area contributed by atoms with Crippen LogP contribution in [0.3, 0.4) is 0 Å². The second kappa shape index (κ2) is 8.88. The van der Waals surface area contributed by atoms with Gasteiger partial charge >= 0.3 is 5.97 Å². The van der Waals surface area contributed by atoms with E-state index in [2.05, 4.69) is 4.72 Å². The van der Waals surface area contributed by atoms with Crippen molar-refractivity contribution in [2.24, 2.45) is 0 Å². The Hall–Kier alpha value is -2.58. The molecule has 0 amide bonds. The molecule has 0 bridgehead atoms. The van der Waals surface area contributed by atoms with Crippen LogP contribution >= 0.6 is 0 Å². The number of hydrogen-bond acceptors (Lipinski definition) is 5. The topological polar surface area (TPSA) is 89.5 Å². The summed E-state index contributed by atoms with van der Waals surface area (Å²) >= 11 is 0. The maximum absolute atomic E-state index is 12.9. The van der Waals surface area contributed by atoms with Crippen LogP contribution in [0.5, 0.6) is 0 Å². The van der Waals surface area contributed by atoms with Crippen LogP contribution in [0.4, 0.5) is 4.39 Å². The zero-order chi connectivity index (χ0) is 20.0. The smallest absolute Gasteiger partial charge is 0.338 e. The molecule has 0 aromatic heterocycles. The summed E-state index contributed by atoms with van der Waals surface area (Å²) in [4.78, 5) is 24.5. The minimum atomic E-state index is -3.73. The molecule has 0 saturated heterocycles. The van der Waals surface area contributed by atoms with Crippen LogP contribution in [0.1, 0.15) is 41.0 Å². The second-order valence-corrected chi connectivity index (χ2v) is 7.61. The van der Waals surface area contributed by atoms with Gasteiger partial charge < -0.3 is 4.74 Å². The minimum Gasteiger partial charge on any atom is -0.451 e. The third-order valence-electron chi connectivity index (χ3n) is 3.70. The number of carbonyl (C=O) groups excluding carboxylic acids is 2. The first-order chi connectivity index (χ1) is 12.7. The van der Waals surface area contributed by atoms with Gasteiger partial charge in [-0.2, -0.15) is 0 Å². The van der Waals surface area contributed by atoms with E-state index in [-0.39, 0.29) is 22.6 Å². The molecule has 27 heavy (non-hydrogen) atoms. The number of esters is 1. The molecule has 8 heteroatoms. The fourth-order valence-corrected chi connectivity index (χ4v) is 3.42.